The topological polar surface area (TPSA) is 54.7 Å². The van der Waals surface area contributed by atoms with Crippen LogP contribution in [0.3, 0.4) is 0 Å². The van der Waals surface area contributed by atoms with Crippen LogP contribution < -0.4 is 5.73 Å². The van der Waals surface area contributed by atoms with E-state index in [0.717, 1.165) is 36.1 Å². The first-order valence-corrected chi connectivity index (χ1v) is 7.24. The molecule has 2 aromatic rings. The molecule has 3 nitrogen and oxygen atoms in total. The van der Waals surface area contributed by atoms with E-state index in [9.17, 15) is 4.39 Å². The molecule has 0 aliphatic heterocycles. The number of aryl methyl sites for hydroxylation is 1. The number of nitrogens with zero attached hydrogens (tertiary/aromatic N) is 1. The molecule has 0 saturated heterocycles. The van der Waals surface area contributed by atoms with E-state index in [0.29, 0.717) is 12.5 Å². The molecule has 2 rings (SSSR count). The van der Waals surface area contributed by atoms with E-state index in [2.05, 4.69) is 30.7 Å². The zero-order valence-corrected chi connectivity index (χ0v) is 12.5. The predicted molar refractivity (Wildman–Crippen MR) is 81.0 cm³/mol. The predicted octanol–water partition coefficient (Wildman–Crippen LogP) is 3.65. The lowest BCUT2D eigenvalue weighted by Gasteiger charge is -2.30. The van der Waals surface area contributed by atoms with Crippen LogP contribution in [0.15, 0.2) is 18.2 Å². The number of fused-ring (bicyclic) bond motifs is 1. The maximum absolute atomic E-state index is 13.2. The van der Waals surface area contributed by atoms with Gasteiger partial charge in [0.2, 0.25) is 0 Å². The highest BCUT2D eigenvalue weighted by Crippen LogP contribution is 2.32. The quantitative estimate of drug-likeness (QED) is 0.876. The molecule has 1 aromatic carbocycles. The fraction of sp³-hybridized carbons (Fsp3) is 0.562. The minimum absolute atomic E-state index is 0.233. The maximum Gasteiger partial charge on any atom is 0.125 e. The zero-order valence-electron chi connectivity index (χ0n) is 12.5. The molecule has 20 heavy (non-hydrogen) atoms. The second-order valence-electron chi connectivity index (χ2n) is 6.52. The van der Waals surface area contributed by atoms with Gasteiger partial charge in [-0.05, 0) is 48.9 Å². The molecule has 1 unspecified atom stereocenters. The van der Waals surface area contributed by atoms with Gasteiger partial charge in [-0.2, -0.15) is 0 Å². The molecular formula is C16H24FN3. The first kappa shape index (κ1) is 15.0. The van der Waals surface area contributed by atoms with Crippen LogP contribution in [0.4, 0.5) is 4.39 Å². The summed E-state index contributed by atoms with van der Waals surface area (Å²) in [5, 5.41) is 0. The first-order chi connectivity index (χ1) is 9.40. The van der Waals surface area contributed by atoms with Gasteiger partial charge in [0, 0.05) is 6.42 Å². The first-order valence-electron chi connectivity index (χ1n) is 7.24. The van der Waals surface area contributed by atoms with Gasteiger partial charge in [0.25, 0.3) is 0 Å². The van der Waals surface area contributed by atoms with Crippen molar-refractivity contribution in [2.24, 2.45) is 17.1 Å². The van der Waals surface area contributed by atoms with E-state index in [4.69, 9.17) is 5.73 Å². The van der Waals surface area contributed by atoms with Crippen molar-refractivity contribution in [3.8, 4) is 0 Å². The van der Waals surface area contributed by atoms with Crippen LogP contribution in [0.1, 0.15) is 39.4 Å². The van der Waals surface area contributed by atoms with Gasteiger partial charge >= 0.3 is 0 Å². The molecule has 110 valence electrons. The van der Waals surface area contributed by atoms with Crippen molar-refractivity contribution in [1.29, 1.82) is 0 Å². The average Bonchev–Trinajstić information content (AvgIpc) is 2.74. The molecule has 0 spiro atoms. The Bertz CT molecular complexity index is 569. The Morgan fingerprint density at radius 1 is 1.30 bits per heavy atom. The van der Waals surface area contributed by atoms with Crippen LogP contribution in [0.5, 0.6) is 0 Å². The Hall–Kier alpha value is -1.42. The number of imidazole rings is 1. The summed E-state index contributed by atoms with van der Waals surface area (Å²) in [5.41, 5.74) is 7.55. The van der Waals surface area contributed by atoms with Crippen LogP contribution in [0.25, 0.3) is 11.0 Å². The molecule has 3 N–H and O–H groups in total. The summed E-state index contributed by atoms with van der Waals surface area (Å²) in [6, 6.07) is 4.65. The van der Waals surface area contributed by atoms with Gasteiger partial charge in [-0.25, -0.2) is 9.37 Å². The van der Waals surface area contributed by atoms with Crippen molar-refractivity contribution in [2.75, 3.05) is 6.54 Å². The monoisotopic (exact) mass is 277 g/mol. The number of hydrogen-bond donors (Lipinski definition) is 2. The number of halogens is 1. The lowest BCUT2D eigenvalue weighted by molar-refractivity contribution is 0.214. The van der Waals surface area contributed by atoms with Crippen molar-refractivity contribution in [3.05, 3.63) is 29.8 Å². The Labute approximate surface area is 119 Å². The average molecular weight is 277 g/mol. The summed E-state index contributed by atoms with van der Waals surface area (Å²) < 4.78 is 13.2. The molecule has 0 aliphatic rings. The lowest BCUT2D eigenvalue weighted by atomic mass is 9.76. The number of rotatable bonds is 5. The van der Waals surface area contributed by atoms with Crippen molar-refractivity contribution in [1.82, 2.24) is 9.97 Å². The summed E-state index contributed by atoms with van der Waals surface area (Å²) in [6.07, 6.45) is 2.94. The number of aromatic amines is 1. The minimum atomic E-state index is -0.233. The third-order valence-electron chi connectivity index (χ3n) is 3.96. The van der Waals surface area contributed by atoms with E-state index in [-0.39, 0.29) is 11.2 Å². The van der Waals surface area contributed by atoms with Crippen molar-refractivity contribution < 1.29 is 4.39 Å². The van der Waals surface area contributed by atoms with Gasteiger partial charge in [0.05, 0.1) is 11.0 Å². The summed E-state index contributed by atoms with van der Waals surface area (Å²) >= 11 is 0. The van der Waals surface area contributed by atoms with E-state index >= 15 is 0 Å². The van der Waals surface area contributed by atoms with Gasteiger partial charge in [-0.1, -0.05) is 20.8 Å². The van der Waals surface area contributed by atoms with Gasteiger partial charge in [-0.15, -0.1) is 0 Å². The van der Waals surface area contributed by atoms with Crippen molar-refractivity contribution in [2.45, 2.75) is 40.0 Å². The molecule has 1 atom stereocenters. The smallest absolute Gasteiger partial charge is 0.125 e. The molecule has 4 heteroatoms. The molecule has 0 fully saturated rings. The van der Waals surface area contributed by atoms with Crippen LogP contribution in [-0.4, -0.2) is 16.5 Å². The van der Waals surface area contributed by atoms with Gasteiger partial charge in [-0.3, -0.25) is 0 Å². The van der Waals surface area contributed by atoms with Gasteiger partial charge < -0.3 is 10.7 Å². The van der Waals surface area contributed by atoms with Crippen molar-refractivity contribution in [3.63, 3.8) is 0 Å². The van der Waals surface area contributed by atoms with Crippen LogP contribution >= 0.6 is 0 Å². The van der Waals surface area contributed by atoms with Gasteiger partial charge in [0.1, 0.15) is 11.6 Å². The maximum atomic E-state index is 13.2. The lowest BCUT2D eigenvalue weighted by Crippen LogP contribution is -2.24. The SMILES string of the molecule is CC(C)(C)C(CCN)CCc1nc2ccc(F)cc2[nH]1. The third-order valence-corrected chi connectivity index (χ3v) is 3.96. The van der Waals surface area contributed by atoms with Gasteiger partial charge in [0.15, 0.2) is 0 Å². The largest absolute Gasteiger partial charge is 0.342 e. The van der Waals surface area contributed by atoms with E-state index in [1.807, 2.05) is 0 Å². The number of aromatic nitrogens is 2. The standard InChI is InChI=1S/C16H24FN3/c1-16(2,3)11(8-9-18)4-7-15-19-13-6-5-12(17)10-14(13)20-15/h5-6,10-11H,4,7-9,18H2,1-3H3,(H,19,20). The second kappa shape index (κ2) is 5.92. The van der Waals surface area contributed by atoms with E-state index in [1.165, 1.54) is 12.1 Å². The number of hydrogen-bond acceptors (Lipinski definition) is 2. The van der Waals surface area contributed by atoms with E-state index in [1.54, 1.807) is 6.07 Å². The molecule has 0 aliphatic carbocycles. The number of nitrogens with one attached hydrogen (secondary N) is 1. The highest BCUT2D eigenvalue weighted by atomic mass is 19.1. The van der Waals surface area contributed by atoms with Crippen LogP contribution in [0.2, 0.25) is 0 Å². The summed E-state index contributed by atoms with van der Waals surface area (Å²) in [4.78, 5) is 7.72. The Morgan fingerprint density at radius 3 is 2.70 bits per heavy atom. The fourth-order valence-corrected chi connectivity index (χ4v) is 2.68. The summed E-state index contributed by atoms with van der Waals surface area (Å²) in [7, 11) is 0. The second-order valence-corrected chi connectivity index (χ2v) is 6.52. The molecule has 0 bridgehead atoms. The Balaban J connectivity index is 2.07. The highest BCUT2D eigenvalue weighted by Gasteiger charge is 2.23. The summed E-state index contributed by atoms with van der Waals surface area (Å²) in [5.74, 6) is 1.26. The number of H-pyrrole nitrogens is 1. The van der Waals surface area contributed by atoms with Crippen molar-refractivity contribution >= 4 is 11.0 Å². The third kappa shape index (κ3) is 3.57. The Kier molecular flexibility index (Phi) is 4.43. The summed E-state index contributed by atoms with van der Waals surface area (Å²) in [6.45, 7) is 7.47. The Morgan fingerprint density at radius 2 is 2.05 bits per heavy atom. The molecule has 1 heterocycles. The number of nitrogens with two attached hydrogens (primary N) is 1. The fourth-order valence-electron chi connectivity index (χ4n) is 2.68. The van der Waals surface area contributed by atoms with Crippen LogP contribution in [-0.2, 0) is 6.42 Å². The molecule has 0 saturated carbocycles. The normalized spacial score (nSPS) is 13.8. The highest BCUT2D eigenvalue weighted by molar-refractivity contribution is 5.74. The molecule has 0 radical (unpaired) electrons. The zero-order chi connectivity index (χ0) is 14.8. The molecular weight excluding hydrogens is 253 g/mol. The molecule has 1 aromatic heterocycles. The number of benzene rings is 1. The molecule has 0 amide bonds. The minimum Gasteiger partial charge on any atom is -0.342 e. The van der Waals surface area contributed by atoms with E-state index < -0.39 is 0 Å². The van der Waals surface area contributed by atoms with Crippen LogP contribution in [0, 0.1) is 17.2 Å².